The molecule has 2 nitrogen and oxygen atoms in total. The Balaban J connectivity index is 2.36. The van der Waals surface area contributed by atoms with Gasteiger partial charge in [0, 0.05) is 23.7 Å². The zero-order valence-corrected chi connectivity index (χ0v) is 8.44. The molecule has 74 valence electrons. The maximum absolute atomic E-state index is 11.9. The van der Waals surface area contributed by atoms with Gasteiger partial charge in [0.1, 0.15) is 11.6 Å². The Hall–Kier alpha value is -1.18. The minimum atomic E-state index is -0.196. The molecule has 0 N–H and O–H groups in total. The largest absolute Gasteiger partial charge is 0.299 e. The summed E-state index contributed by atoms with van der Waals surface area (Å²) in [5, 5.41) is 0. The molecule has 14 heavy (non-hydrogen) atoms. The molecule has 2 aliphatic carbocycles. The molecule has 0 aromatic carbocycles. The lowest BCUT2D eigenvalue weighted by Crippen LogP contribution is -2.44. The van der Waals surface area contributed by atoms with Gasteiger partial charge in [0.05, 0.1) is 0 Å². The van der Waals surface area contributed by atoms with Gasteiger partial charge in [0.15, 0.2) is 0 Å². The summed E-state index contributed by atoms with van der Waals surface area (Å²) >= 11 is 0. The maximum atomic E-state index is 11.9. The lowest BCUT2D eigenvalue weighted by Gasteiger charge is -2.34. The molecule has 1 fully saturated rings. The third-order valence-corrected chi connectivity index (χ3v) is 3.44. The van der Waals surface area contributed by atoms with Crippen molar-refractivity contribution >= 4 is 11.6 Å². The van der Waals surface area contributed by atoms with E-state index in [2.05, 4.69) is 0 Å². The van der Waals surface area contributed by atoms with Crippen molar-refractivity contribution < 1.29 is 9.59 Å². The van der Waals surface area contributed by atoms with Crippen LogP contribution in [0.25, 0.3) is 0 Å². The first-order chi connectivity index (χ1) is 6.63. The van der Waals surface area contributed by atoms with E-state index in [4.69, 9.17) is 0 Å². The first-order valence-electron chi connectivity index (χ1n) is 5.05. The average Bonchev–Trinajstić information content (AvgIpc) is 2.23. The number of fused-ring (bicyclic) bond motifs is 1. The van der Waals surface area contributed by atoms with Crippen LogP contribution in [0.2, 0.25) is 0 Å². The lowest BCUT2D eigenvalue weighted by molar-refractivity contribution is -0.142. The third kappa shape index (κ3) is 1.17. The first kappa shape index (κ1) is 9.38. The number of carbonyl (C=O) groups excluding carboxylic acids is 2. The summed E-state index contributed by atoms with van der Waals surface area (Å²) < 4.78 is 0. The summed E-state index contributed by atoms with van der Waals surface area (Å²) in [5.74, 6) is -0.220. The highest BCUT2D eigenvalue weighted by molar-refractivity contribution is 6.01. The molecule has 0 heterocycles. The van der Waals surface area contributed by atoms with Crippen LogP contribution in [0.3, 0.4) is 0 Å². The molecule has 0 amide bonds. The van der Waals surface area contributed by atoms with Crippen LogP contribution in [-0.4, -0.2) is 11.6 Å². The smallest absolute Gasteiger partial charge is 0.144 e. The van der Waals surface area contributed by atoms with Crippen molar-refractivity contribution in [3.8, 4) is 0 Å². The summed E-state index contributed by atoms with van der Waals surface area (Å²) in [6, 6.07) is 0. The molecule has 0 aromatic heterocycles. The van der Waals surface area contributed by atoms with E-state index in [0.29, 0.717) is 0 Å². The van der Waals surface area contributed by atoms with Crippen LogP contribution in [0, 0.1) is 23.7 Å². The molecule has 0 saturated heterocycles. The zero-order valence-electron chi connectivity index (χ0n) is 8.44. The monoisotopic (exact) mass is 190 g/mol. The Morgan fingerprint density at radius 2 is 1.21 bits per heavy atom. The van der Waals surface area contributed by atoms with E-state index in [1.165, 1.54) is 0 Å². The van der Waals surface area contributed by atoms with Crippen molar-refractivity contribution in [2.75, 3.05) is 0 Å². The van der Waals surface area contributed by atoms with Crippen LogP contribution in [0.15, 0.2) is 24.3 Å². The van der Waals surface area contributed by atoms with Crippen molar-refractivity contribution in [3.05, 3.63) is 24.3 Å². The van der Waals surface area contributed by atoms with E-state index in [0.717, 1.165) is 0 Å². The highest BCUT2D eigenvalue weighted by Gasteiger charge is 2.43. The van der Waals surface area contributed by atoms with Crippen LogP contribution in [-0.2, 0) is 9.59 Å². The van der Waals surface area contributed by atoms with Gasteiger partial charge in [-0.15, -0.1) is 0 Å². The Kier molecular flexibility index (Phi) is 2.14. The molecule has 2 aliphatic rings. The molecule has 0 aliphatic heterocycles. The molecular weight excluding hydrogens is 176 g/mol. The van der Waals surface area contributed by atoms with Crippen LogP contribution in [0.4, 0.5) is 0 Å². The van der Waals surface area contributed by atoms with Gasteiger partial charge in [0.2, 0.25) is 0 Å². The standard InChI is InChI=1S/C12H14O2/c1-7-8(2)12(14)10-6-4-3-5-9(10)11(7)13/h3-10H,1-2H3. The molecule has 4 atom stereocenters. The van der Waals surface area contributed by atoms with E-state index in [1.54, 1.807) is 0 Å². The topological polar surface area (TPSA) is 34.1 Å². The first-order valence-corrected chi connectivity index (χ1v) is 5.05. The van der Waals surface area contributed by atoms with Gasteiger partial charge in [-0.25, -0.2) is 0 Å². The van der Waals surface area contributed by atoms with E-state index >= 15 is 0 Å². The SMILES string of the molecule is CC1C(=O)C2C=CC=CC2C(=O)C1C. The van der Waals surface area contributed by atoms with Crippen molar-refractivity contribution in [3.63, 3.8) is 0 Å². The van der Waals surface area contributed by atoms with Crippen LogP contribution in [0.5, 0.6) is 0 Å². The second-order valence-corrected chi connectivity index (χ2v) is 4.20. The van der Waals surface area contributed by atoms with E-state index in [9.17, 15) is 9.59 Å². The average molecular weight is 190 g/mol. The van der Waals surface area contributed by atoms with Gasteiger partial charge in [-0.1, -0.05) is 38.2 Å². The second-order valence-electron chi connectivity index (χ2n) is 4.20. The number of rotatable bonds is 0. The highest BCUT2D eigenvalue weighted by Crippen LogP contribution is 2.35. The number of ketones is 2. The summed E-state index contributed by atoms with van der Waals surface area (Å²) in [7, 11) is 0. The van der Waals surface area contributed by atoms with E-state index in [1.807, 2.05) is 38.2 Å². The number of hydrogen-bond acceptors (Lipinski definition) is 2. The Morgan fingerprint density at radius 1 is 0.857 bits per heavy atom. The molecule has 0 radical (unpaired) electrons. The fourth-order valence-corrected chi connectivity index (χ4v) is 2.25. The minimum Gasteiger partial charge on any atom is -0.299 e. The molecule has 0 bridgehead atoms. The maximum Gasteiger partial charge on any atom is 0.144 e. The zero-order chi connectivity index (χ0) is 10.3. The molecule has 0 spiro atoms. The molecular formula is C12H14O2. The van der Waals surface area contributed by atoms with Crippen LogP contribution >= 0.6 is 0 Å². The summed E-state index contributed by atoms with van der Waals surface area (Å²) in [6.45, 7) is 3.71. The summed E-state index contributed by atoms with van der Waals surface area (Å²) in [5.41, 5.74) is 0. The molecule has 2 rings (SSSR count). The normalized spacial score (nSPS) is 41.3. The van der Waals surface area contributed by atoms with Crippen molar-refractivity contribution in [2.24, 2.45) is 23.7 Å². The van der Waals surface area contributed by atoms with Crippen LogP contribution in [0.1, 0.15) is 13.8 Å². The van der Waals surface area contributed by atoms with E-state index < -0.39 is 0 Å². The minimum absolute atomic E-state index is 0.125. The van der Waals surface area contributed by atoms with Crippen molar-refractivity contribution in [1.29, 1.82) is 0 Å². The number of hydrogen-bond donors (Lipinski definition) is 0. The third-order valence-electron chi connectivity index (χ3n) is 3.44. The van der Waals surface area contributed by atoms with E-state index in [-0.39, 0.29) is 35.2 Å². The molecule has 0 aromatic rings. The second kappa shape index (κ2) is 3.19. The van der Waals surface area contributed by atoms with Crippen molar-refractivity contribution in [2.45, 2.75) is 13.8 Å². The predicted octanol–water partition coefficient (Wildman–Crippen LogP) is 1.77. The van der Waals surface area contributed by atoms with Gasteiger partial charge < -0.3 is 0 Å². The van der Waals surface area contributed by atoms with Crippen LogP contribution < -0.4 is 0 Å². The Morgan fingerprint density at radius 3 is 1.57 bits per heavy atom. The number of allylic oxidation sites excluding steroid dienone is 4. The Labute approximate surface area is 83.7 Å². The van der Waals surface area contributed by atoms with Gasteiger partial charge in [0.25, 0.3) is 0 Å². The summed E-state index contributed by atoms with van der Waals surface area (Å²) in [4.78, 5) is 23.8. The summed E-state index contributed by atoms with van der Waals surface area (Å²) in [6.07, 6.45) is 7.42. The predicted molar refractivity (Wildman–Crippen MR) is 53.6 cm³/mol. The highest BCUT2D eigenvalue weighted by atomic mass is 16.1. The molecule has 2 heteroatoms. The Bertz CT molecular complexity index is 304. The molecule has 1 saturated carbocycles. The number of carbonyl (C=O) groups is 2. The quantitative estimate of drug-likeness (QED) is 0.583. The molecule has 4 unspecified atom stereocenters. The fourth-order valence-electron chi connectivity index (χ4n) is 2.25. The van der Waals surface area contributed by atoms with Gasteiger partial charge in [-0.05, 0) is 0 Å². The fraction of sp³-hybridized carbons (Fsp3) is 0.500. The van der Waals surface area contributed by atoms with Gasteiger partial charge >= 0.3 is 0 Å². The van der Waals surface area contributed by atoms with Gasteiger partial charge in [-0.3, -0.25) is 9.59 Å². The number of Topliss-reactive ketones (excluding diaryl/α,β-unsaturated/α-hetero) is 2. The van der Waals surface area contributed by atoms with Crippen molar-refractivity contribution in [1.82, 2.24) is 0 Å². The van der Waals surface area contributed by atoms with Gasteiger partial charge in [-0.2, -0.15) is 0 Å². The lowest BCUT2D eigenvalue weighted by atomic mass is 9.66.